The van der Waals surface area contributed by atoms with Gasteiger partial charge in [-0.3, -0.25) is 14.4 Å². The molecule has 0 saturated carbocycles. The second-order valence-electron chi connectivity index (χ2n) is 15.6. The highest BCUT2D eigenvalue weighted by Gasteiger charge is 2.29. The number of aliphatic carboxylic acids is 1. The minimum Gasteiger partial charge on any atom is -0.481 e. The molecule has 11 heteroatoms. The van der Waals surface area contributed by atoms with Crippen LogP contribution in [0.4, 0.5) is 11.5 Å². The maximum Gasteiger partial charge on any atom is 0.304 e. The lowest BCUT2D eigenvalue weighted by atomic mass is 9.93. The number of hydrogen-bond donors (Lipinski definition) is 2. The first-order valence-corrected chi connectivity index (χ1v) is 19.4. The quantitative estimate of drug-likeness (QED) is 0.201. The number of hydrogen-bond acceptors (Lipinski definition) is 8. The first-order valence-electron chi connectivity index (χ1n) is 19.4. The Morgan fingerprint density at radius 3 is 2.50 bits per heavy atom. The monoisotopic (exact) mass is 711 g/mol. The Kier molecular flexibility index (Phi) is 12.3. The molecule has 2 N–H and O–H groups in total. The van der Waals surface area contributed by atoms with Gasteiger partial charge in [-0.1, -0.05) is 19.9 Å². The van der Waals surface area contributed by atoms with Crippen LogP contribution in [0.15, 0.2) is 36.4 Å². The number of piperazine rings is 1. The van der Waals surface area contributed by atoms with Crippen molar-refractivity contribution in [2.75, 3.05) is 62.6 Å². The number of Topliss-reactive ketones (excluding diaryl/α,β-unsaturated/α-hetero) is 1. The van der Waals surface area contributed by atoms with E-state index < -0.39 is 5.97 Å². The molecule has 0 bridgehead atoms. The number of likely N-dealkylation sites (tertiary alicyclic amines) is 1. The van der Waals surface area contributed by atoms with Crippen LogP contribution in [0.1, 0.15) is 92.9 Å². The van der Waals surface area contributed by atoms with Crippen LogP contribution < -0.4 is 10.2 Å². The van der Waals surface area contributed by atoms with Crippen molar-refractivity contribution < 1.29 is 19.5 Å². The number of pyridine rings is 1. The largest absolute Gasteiger partial charge is 0.481 e. The number of nitrogens with zero attached hydrogens (tertiary/aromatic N) is 6. The summed E-state index contributed by atoms with van der Waals surface area (Å²) in [5.41, 5.74) is 7.37. The van der Waals surface area contributed by atoms with E-state index in [1.54, 1.807) is 0 Å². The van der Waals surface area contributed by atoms with E-state index in [2.05, 4.69) is 51.5 Å². The van der Waals surface area contributed by atoms with Gasteiger partial charge in [0, 0.05) is 87.6 Å². The Morgan fingerprint density at radius 2 is 1.77 bits per heavy atom. The number of carboxylic acids is 1. The van der Waals surface area contributed by atoms with Crippen LogP contribution in [0, 0.1) is 25.7 Å². The Hall–Kier alpha value is -4.25. The summed E-state index contributed by atoms with van der Waals surface area (Å²) in [5.74, 6) is 0.944. The Morgan fingerprint density at radius 1 is 0.981 bits per heavy atom. The predicted molar refractivity (Wildman–Crippen MR) is 204 cm³/mol. The van der Waals surface area contributed by atoms with E-state index in [0.717, 1.165) is 91.6 Å². The molecule has 6 rings (SSSR count). The summed E-state index contributed by atoms with van der Waals surface area (Å²) in [4.78, 5) is 48.9. The smallest absolute Gasteiger partial charge is 0.304 e. The molecule has 2 unspecified atom stereocenters. The summed E-state index contributed by atoms with van der Waals surface area (Å²) in [6.07, 6.45) is 6.88. The van der Waals surface area contributed by atoms with Gasteiger partial charge >= 0.3 is 5.97 Å². The van der Waals surface area contributed by atoms with E-state index in [4.69, 9.17) is 10.1 Å². The number of benzene rings is 1. The molecule has 2 aromatic heterocycles. The van der Waals surface area contributed by atoms with Crippen molar-refractivity contribution in [1.82, 2.24) is 24.6 Å². The Labute approximate surface area is 308 Å². The first kappa shape index (κ1) is 37.5. The normalized spacial score (nSPS) is 18.4. The molecular weight excluding hydrogens is 654 g/mol. The summed E-state index contributed by atoms with van der Waals surface area (Å²) in [6, 6.07) is 12.9. The SMILES string of the molecule is Cc1cc(C)n(-c2cc(C(CC(=O)O)CN3CCC(CCc4ccc5c(n4)NCCC5)C3)cc(N3CCN(C(=O)CCCC(=O)C(C)C)CC3)c2)n1. The molecule has 0 radical (unpaired) electrons. The van der Waals surface area contributed by atoms with E-state index in [9.17, 15) is 19.5 Å². The molecule has 1 amide bonds. The second kappa shape index (κ2) is 17.1. The van der Waals surface area contributed by atoms with E-state index in [-0.39, 0.29) is 29.9 Å². The zero-order chi connectivity index (χ0) is 36.8. The molecule has 5 heterocycles. The van der Waals surface area contributed by atoms with Crippen LogP contribution in [-0.2, 0) is 27.2 Å². The van der Waals surface area contributed by atoms with Crippen molar-refractivity contribution in [3.8, 4) is 5.69 Å². The molecule has 2 saturated heterocycles. The van der Waals surface area contributed by atoms with Crippen molar-refractivity contribution in [3.05, 3.63) is 64.6 Å². The van der Waals surface area contributed by atoms with E-state index in [0.29, 0.717) is 57.9 Å². The fourth-order valence-electron chi connectivity index (χ4n) is 8.11. The average molecular weight is 712 g/mol. The van der Waals surface area contributed by atoms with E-state index >= 15 is 0 Å². The molecule has 3 aliphatic heterocycles. The topological polar surface area (TPSA) is 124 Å². The maximum absolute atomic E-state index is 13.0. The molecule has 0 aliphatic carbocycles. The van der Waals surface area contributed by atoms with Gasteiger partial charge in [0.2, 0.25) is 5.91 Å². The molecule has 0 spiro atoms. The number of carbonyl (C=O) groups excluding carboxylic acids is 2. The van der Waals surface area contributed by atoms with Crippen molar-refractivity contribution in [2.24, 2.45) is 11.8 Å². The van der Waals surface area contributed by atoms with Crippen molar-refractivity contribution in [2.45, 2.75) is 91.4 Å². The van der Waals surface area contributed by atoms with Gasteiger partial charge in [0.25, 0.3) is 0 Å². The Balaban J connectivity index is 1.13. The number of carboxylic acid groups (broad SMARTS) is 1. The number of carbonyl (C=O) groups is 3. The third-order valence-corrected chi connectivity index (χ3v) is 11.1. The number of rotatable bonds is 15. The number of aromatic nitrogens is 3. The predicted octanol–water partition coefficient (Wildman–Crippen LogP) is 5.80. The van der Waals surface area contributed by atoms with Gasteiger partial charge < -0.3 is 25.1 Å². The van der Waals surface area contributed by atoms with E-state index in [1.165, 1.54) is 5.56 Å². The van der Waals surface area contributed by atoms with Gasteiger partial charge in [0.05, 0.1) is 17.8 Å². The Bertz CT molecular complexity index is 1730. The fraction of sp³-hybridized carbons (Fsp3) is 0.585. The number of aryl methyl sites for hydroxylation is 4. The summed E-state index contributed by atoms with van der Waals surface area (Å²) >= 11 is 0. The van der Waals surface area contributed by atoms with Gasteiger partial charge in [-0.2, -0.15) is 5.10 Å². The lowest BCUT2D eigenvalue weighted by molar-refractivity contribution is -0.137. The standard InChI is InChI=1S/C41H57N7O4/c1-28(2)38(49)8-5-9-39(50)47-19-17-46(18-20-47)36-22-33(23-37(25-36)48-30(4)21-29(3)44-48)34(24-40(51)52)27-45-16-14-31(26-45)10-12-35-13-11-32-7-6-15-42-41(32)43-35/h11,13,21-23,25,28,31,34H,5-10,12,14-20,24,26-27H2,1-4H3,(H,42,43)(H,51,52). The molecule has 3 aliphatic rings. The van der Waals surface area contributed by atoms with Gasteiger partial charge in [0.1, 0.15) is 11.6 Å². The van der Waals surface area contributed by atoms with Crippen LogP contribution in [0.3, 0.4) is 0 Å². The highest BCUT2D eigenvalue weighted by atomic mass is 16.4. The van der Waals surface area contributed by atoms with Gasteiger partial charge in [-0.25, -0.2) is 9.67 Å². The third-order valence-electron chi connectivity index (χ3n) is 11.1. The van der Waals surface area contributed by atoms with Crippen LogP contribution in [0.2, 0.25) is 0 Å². The summed E-state index contributed by atoms with van der Waals surface area (Å²) in [5, 5.41) is 18.3. The fourth-order valence-corrected chi connectivity index (χ4v) is 8.11. The highest BCUT2D eigenvalue weighted by molar-refractivity contribution is 5.81. The lowest BCUT2D eigenvalue weighted by Crippen LogP contribution is -2.48. The number of ketones is 1. The molecule has 11 nitrogen and oxygen atoms in total. The first-order chi connectivity index (χ1) is 25.0. The van der Waals surface area contributed by atoms with Crippen LogP contribution in [0.25, 0.3) is 5.69 Å². The van der Waals surface area contributed by atoms with Crippen molar-refractivity contribution in [3.63, 3.8) is 0 Å². The van der Waals surface area contributed by atoms with Crippen LogP contribution in [0.5, 0.6) is 0 Å². The molecular formula is C41H57N7O4. The molecule has 2 atom stereocenters. The number of anilines is 2. The molecule has 1 aromatic carbocycles. The molecule has 52 heavy (non-hydrogen) atoms. The average Bonchev–Trinajstić information content (AvgIpc) is 3.74. The lowest BCUT2D eigenvalue weighted by Gasteiger charge is -2.37. The number of fused-ring (bicyclic) bond motifs is 1. The summed E-state index contributed by atoms with van der Waals surface area (Å²) in [7, 11) is 0. The van der Waals surface area contributed by atoms with E-state index in [1.807, 2.05) is 37.3 Å². The van der Waals surface area contributed by atoms with Crippen LogP contribution in [-0.4, -0.2) is 99.7 Å². The highest BCUT2D eigenvalue weighted by Crippen LogP contribution is 2.32. The van der Waals surface area contributed by atoms with Gasteiger partial charge in [0.15, 0.2) is 0 Å². The zero-order valence-electron chi connectivity index (χ0n) is 31.6. The van der Waals surface area contributed by atoms with Crippen molar-refractivity contribution in [1.29, 1.82) is 0 Å². The number of amides is 1. The molecule has 280 valence electrons. The molecule has 2 fully saturated rings. The number of nitrogens with one attached hydrogen (secondary N) is 1. The van der Waals surface area contributed by atoms with Gasteiger partial charge in [-0.05, 0) is 106 Å². The van der Waals surface area contributed by atoms with Gasteiger partial charge in [-0.15, -0.1) is 0 Å². The minimum absolute atomic E-state index is 0.00193. The third kappa shape index (κ3) is 9.59. The maximum atomic E-state index is 13.0. The van der Waals surface area contributed by atoms with Crippen LogP contribution >= 0.6 is 0 Å². The second-order valence-corrected chi connectivity index (χ2v) is 15.6. The zero-order valence-corrected chi connectivity index (χ0v) is 31.6. The summed E-state index contributed by atoms with van der Waals surface area (Å²) < 4.78 is 1.95. The van der Waals surface area contributed by atoms with Crippen molar-refractivity contribution >= 4 is 29.2 Å². The molecule has 3 aromatic rings. The minimum atomic E-state index is -0.798. The summed E-state index contributed by atoms with van der Waals surface area (Å²) in [6.45, 7) is 14.0.